The third kappa shape index (κ3) is 2.13. The molecule has 20 heavy (non-hydrogen) atoms. The van der Waals surface area contributed by atoms with Crippen LogP contribution in [0.3, 0.4) is 0 Å². The van der Waals surface area contributed by atoms with Crippen molar-refractivity contribution in [3.05, 3.63) is 44.8 Å². The predicted octanol–water partition coefficient (Wildman–Crippen LogP) is 4.61. The number of nitrogens with zero attached hydrogens (tertiary/aromatic N) is 2. The van der Waals surface area contributed by atoms with Crippen LogP contribution in [0.1, 0.15) is 44.8 Å². The molecule has 2 heteroatoms. The molecule has 0 unspecified atom stereocenters. The summed E-state index contributed by atoms with van der Waals surface area (Å²) in [5.41, 5.74) is 11.2. The van der Waals surface area contributed by atoms with E-state index >= 15 is 0 Å². The first-order valence-electron chi connectivity index (χ1n) is 7.14. The molecule has 2 nitrogen and oxygen atoms in total. The first-order valence-corrected chi connectivity index (χ1v) is 7.14. The maximum Gasteiger partial charge on any atom is 0.160 e. The van der Waals surface area contributed by atoms with Crippen LogP contribution in [0.2, 0.25) is 0 Å². The van der Waals surface area contributed by atoms with Crippen molar-refractivity contribution in [1.82, 2.24) is 9.97 Å². The van der Waals surface area contributed by atoms with Gasteiger partial charge in [0.05, 0.1) is 0 Å². The van der Waals surface area contributed by atoms with E-state index in [2.05, 4.69) is 55.4 Å². The number of hydrogen-bond donors (Lipinski definition) is 0. The average Bonchev–Trinajstić information content (AvgIpc) is 2.40. The van der Waals surface area contributed by atoms with Gasteiger partial charge in [-0.1, -0.05) is 0 Å². The van der Waals surface area contributed by atoms with E-state index in [0.717, 1.165) is 17.2 Å². The molecule has 0 saturated heterocycles. The Hall–Kier alpha value is -1.70. The predicted molar refractivity (Wildman–Crippen MR) is 85.4 cm³/mol. The molecule has 0 radical (unpaired) electrons. The van der Waals surface area contributed by atoms with E-state index < -0.39 is 0 Å². The van der Waals surface area contributed by atoms with E-state index in [1.807, 2.05) is 0 Å². The van der Waals surface area contributed by atoms with Crippen molar-refractivity contribution in [2.75, 3.05) is 0 Å². The average molecular weight is 268 g/mol. The molecule has 1 heterocycles. The van der Waals surface area contributed by atoms with Crippen molar-refractivity contribution >= 4 is 0 Å². The Morgan fingerprint density at radius 1 is 0.450 bits per heavy atom. The standard InChI is InChI=1S/C18H24N2/c1-9-10(2)12(4)17(13(5)11(9)3)18-19-15(7)14(6)16(8)20-18/h1-8H3. The summed E-state index contributed by atoms with van der Waals surface area (Å²) in [6, 6.07) is 0. The van der Waals surface area contributed by atoms with Gasteiger partial charge in [0.15, 0.2) is 5.82 Å². The van der Waals surface area contributed by atoms with Gasteiger partial charge in [-0.15, -0.1) is 0 Å². The van der Waals surface area contributed by atoms with Gasteiger partial charge >= 0.3 is 0 Å². The monoisotopic (exact) mass is 268 g/mol. The van der Waals surface area contributed by atoms with Gasteiger partial charge in [-0.05, 0) is 88.8 Å². The van der Waals surface area contributed by atoms with Gasteiger partial charge in [0.2, 0.25) is 0 Å². The Kier molecular flexibility index (Phi) is 3.68. The van der Waals surface area contributed by atoms with Crippen LogP contribution < -0.4 is 0 Å². The third-order valence-electron chi connectivity index (χ3n) is 4.86. The van der Waals surface area contributed by atoms with E-state index in [0.29, 0.717) is 0 Å². The largest absolute Gasteiger partial charge is 0.233 e. The van der Waals surface area contributed by atoms with E-state index in [9.17, 15) is 0 Å². The quantitative estimate of drug-likeness (QED) is 0.754. The molecular formula is C18H24N2. The molecule has 106 valence electrons. The summed E-state index contributed by atoms with van der Waals surface area (Å²) in [6.07, 6.45) is 0. The second-order valence-electron chi connectivity index (χ2n) is 5.84. The first-order chi connectivity index (χ1) is 9.25. The highest BCUT2D eigenvalue weighted by Gasteiger charge is 2.17. The maximum atomic E-state index is 4.73. The lowest BCUT2D eigenvalue weighted by atomic mass is 9.89. The zero-order chi connectivity index (χ0) is 15.2. The maximum absolute atomic E-state index is 4.73. The molecule has 0 fully saturated rings. The molecule has 0 amide bonds. The van der Waals surface area contributed by atoms with Crippen molar-refractivity contribution in [2.45, 2.75) is 55.4 Å². The van der Waals surface area contributed by atoms with Gasteiger partial charge in [0.25, 0.3) is 0 Å². The molecule has 0 aliphatic carbocycles. The Morgan fingerprint density at radius 3 is 1.20 bits per heavy atom. The van der Waals surface area contributed by atoms with E-state index in [1.54, 1.807) is 0 Å². The Morgan fingerprint density at radius 2 is 0.800 bits per heavy atom. The van der Waals surface area contributed by atoms with Crippen LogP contribution in [-0.2, 0) is 0 Å². The SMILES string of the molecule is Cc1nc(-c2c(C)c(C)c(C)c(C)c2C)nc(C)c1C. The minimum absolute atomic E-state index is 0.867. The number of aromatic nitrogens is 2. The summed E-state index contributed by atoms with van der Waals surface area (Å²) in [4.78, 5) is 9.45. The van der Waals surface area contributed by atoms with Crippen molar-refractivity contribution < 1.29 is 0 Å². The van der Waals surface area contributed by atoms with Crippen LogP contribution >= 0.6 is 0 Å². The highest BCUT2D eigenvalue weighted by atomic mass is 14.9. The topological polar surface area (TPSA) is 25.8 Å². The summed E-state index contributed by atoms with van der Waals surface area (Å²) in [7, 11) is 0. The minimum atomic E-state index is 0.867. The zero-order valence-electron chi connectivity index (χ0n) is 13.9. The highest BCUT2D eigenvalue weighted by molar-refractivity contribution is 5.70. The second kappa shape index (κ2) is 5.01. The molecule has 1 aromatic carbocycles. The van der Waals surface area contributed by atoms with Gasteiger partial charge in [-0.25, -0.2) is 9.97 Å². The van der Waals surface area contributed by atoms with E-state index in [1.165, 1.54) is 38.9 Å². The minimum Gasteiger partial charge on any atom is -0.233 e. The summed E-state index contributed by atoms with van der Waals surface area (Å²) in [6.45, 7) is 17.1. The Labute approximate surface area is 122 Å². The third-order valence-corrected chi connectivity index (χ3v) is 4.86. The fourth-order valence-corrected chi connectivity index (χ4v) is 2.72. The van der Waals surface area contributed by atoms with Gasteiger partial charge in [0, 0.05) is 17.0 Å². The number of hydrogen-bond acceptors (Lipinski definition) is 2. The zero-order valence-corrected chi connectivity index (χ0v) is 13.9. The van der Waals surface area contributed by atoms with Crippen LogP contribution in [0, 0.1) is 55.4 Å². The van der Waals surface area contributed by atoms with Gasteiger partial charge in [-0.3, -0.25) is 0 Å². The van der Waals surface area contributed by atoms with Crippen LogP contribution in [0.15, 0.2) is 0 Å². The highest BCUT2D eigenvalue weighted by Crippen LogP contribution is 2.32. The molecule has 1 aromatic heterocycles. The molecule has 2 rings (SSSR count). The molecule has 0 aliphatic heterocycles. The van der Waals surface area contributed by atoms with Gasteiger partial charge in [-0.2, -0.15) is 0 Å². The molecule has 0 aliphatic rings. The van der Waals surface area contributed by atoms with Crippen LogP contribution in [-0.4, -0.2) is 9.97 Å². The summed E-state index contributed by atoms with van der Waals surface area (Å²) in [5.74, 6) is 0.867. The molecule has 0 bridgehead atoms. The molecule has 0 spiro atoms. The molecule has 0 saturated carbocycles. The van der Waals surface area contributed by atoms with Gasteiger partial charge < -0.3 is 0 Å². The Balaban J connectivity index is 2.83. The van der Waals surface area contributed by atoms with Crippen LogP contribution in [0.4, 0.5) is 0 Å². The number of rotatable bonds is 1. The van der Waals surface area contributed by atoms with Crippen molar-refractivity contribution in [2.24, 2.45) is 0 Å². The molecule has 0 atom stereocenters. The Bertz CT molecular complexity index is 645. The van der Waals surface area contributed by atoms with Crippen molar-refractivity contribution in [3.8, 4) is 11.4 Å². The van der Waals surface area contributed by atoms with Gasteiger partial charge in [0.1, 0.15) is 0 Å². The lowest BCUT2D eigenvalue weighted by Crippen LogP contribution is -2.05. The molecule has 2 aromatic rings. The normalized spacial score (nSPS) is 11.0. The van der Waals surface area contributed by atoms with Crippen LogP contribution in [0.5, 0.6) is 0 Å². The number of aryl methyl sites for hydroxylation is 2. The second-order valence-corrected chi connectivity index (χ2v) is 5.84. The fraction of sp³-hybridized carbons (Fsp3) is 0.444. The summed E-state index contributed by atoms with van der Waals surface area (Å²) >= 11 is 0. The van der Waals surface area contributed by atoms with Crippen LogP contribution in [0.25, 0.3) is 11.4 Å². The van der Waals surface area contributed by atoms with Crippen molar-refractivity contribution in [3.63, 3.8) is 0 Å². The lowest BCUT2D eigenvalue weighted by molar-refractivity contribution is 1.01. The van der Waals surface area contributed by atoms with E-state index in [4.69, 9.17) is 9.97 Å². The molecule has 0 N–H and O–H groups in total. The molecular weight excluding hydrogens is 244 g/mol. The smallest absolute Gasteiger partial charge is 0.160 e. The van der Waals surface area contributed by atoms with E-state index in [-0.39, 0.29) is 0 Å². The fourth-order valence-electron chi connectivity index (χ4n) is 2.72. The first kappa shape index (κ1) is 14.7. The van der Waals surface area contributed by atoms with Crippen molar-refractivity contribution in [1.29, 1.82) is 0 Å². The summed E-state index contributed by atoms with van der Waals surface area (Å²) in [5, 5.41) is 0. The number of benzene rings is 1. The summed E-state index contributed by atoms with van der Waals surface area (Å²) < 4.78 is 0. The lowest BCUT2D eigenvalue weighted by Gasteiger charge is -2.18.